The normalized spacial score (nSPS) is 15.5. The molecule has 1 aromatic heterocycles. The summed E-state index contributed by atoms with van der Waals surface area (Å²) in [5.41, 5.74) is 0.503. The van der Waals surface area contributed by atoms with Gasteiger partial charge in [-0.25, -0.2) is 0 Å². The van der Waals surface area contributed by atoms with E-state index in [9.17, 15) is 9.59 Å². The lowest BCUT2D eigenvalue weighted by molar-refractivity contribution is -0.144. The first-order valence-electron chi connectivity index (χ1n) is 6.78. The first kappa shape index (κ1) is 15.0. The maximum absolute atomic E-state index is 12.0. The van der Waals surface area contributed by atoms with E-state index in [-0.39, 0.29) is 0 Å². The highest BCUT2D eigenvalue weighted by molar-refractivity contribution is 6.39. The summed E-state index contributed by atoms with van der Waals surface area (Å²) >= 11 is 0. The summed E-state index contributed by atoms with van der Waals surface area (Å²) in [4.78, 5) is 27.6. The van der Waals surface area contributed by atoms with Crippen LogP contribution in [0, 0.1) is 11.3 Å². The lowest BCUT2D eigenvalue weighted by Crippen LogP contribution is -2.51. The van der Waals surface area contributed by atoms with Crippen molar-refractivity contribution >= 4 is 17.5 Å². The van der Waals surface area contributed by atoms with Crippen LogP contribution in [0.1, 0.15) is 6.42 Å². The number of carbonyl (C=O) groups is 2. The summed E-state index contributed by atoms with van der Waals surface area (Å²) in [6, 6.07) is 2.10. The maximum atomic E-state index is 12.0. The molecule has 1 aliphatic heterocycles. The molecule has 0 atom stereocenters. The Balaban J connectivity index is 1.81. The van der Waals surface area contributed by atoms with Crippen LogP contribution in [-0.4, -0.2) is 64.1 Å². The maximum Gasteiger partial charge on any atom is 0.313 e. The SMILES string of the molecule is Cn1cc(NC(=O)C(=O)N2CCN(CCC#N)CC2)cn1. The molecule has 0 aliphatic carbocycles. The highest BCUT2D eigenvalue weighted by Gasteiger charge is 2.26. The summed E-state index contributed by atoms with van der Waals surface area (Å²) in [7, 11) is 1.73. The van der Waals surface area contributed by atoms with E-state index in [1.807, 2.05) is 0 Å². The number of piperazine rings is 1. The fourth-order valence-corrected chi connectivity index (χ4v) is 2.20. The van der Waals surface area contributed by atoms with Crippen LogP contribution in [0.2, 0.25) is 0 Å². The van der Waals surface area contributed by atoms with Crippen molar-refractivity contribution in [2.24, 2.45) is 7.05 Å². The molecule has 8 heteroatoms. The molecule has 0 radical (unpaired) electrons. The number of hydrogen-bond donors (Lipinski definition) is 1. The highest BCUT2D eigenvalue weighted by atomic mass is 16.2. The van der Waals surface area contributed by atoms with Crippen molar-refractivity contribution < 1.29 is 9.59 Å². The lowest BCUT2D eigenvalue weighted by Gasteiger charge is -2.33. The molecule has 0 saturated carbocycles. The molecule has 0 bridgehead atoms. The molecule has 2 rings (SSSR count). The monoisotopic (exact) mass is 290 g/mol. The molecule has 0 unspecified atom stereocenters. The van der Waals surface area contributed by atoms with Crippen molar-refractivity contribution in [1.29, 1.82) is 5.26 Å². The minimum absolute atomic E-state index is 0.482. The van der Waals surface area contributed by atoms with Crippen molar-refractivity contribution in [1.82, 2.24) is 19.6 Å². The molecule has 2 amide bonds. The molecular weight excluding hydrogens is 272 g/mol. The van der Waals surface area contributed by atoms with E-state index in [4.69, 9.17) is 5.26 Å². The van der Waals surface area contributed by atoms with Crippen LogP contribution in [0.5, 0.6) is 0 Å². The first-order valence-corrected chi connectivity index (χ1v) is 6.78. The van der Waals surface area contributed by atoms with E-state index in [1.54, 1.807) is 17.9 Å². The Bertz CT molecular complexity index is 553. The molecular formula is C13H18N6O2. The second-order valence-electron chi connectivity index (χ2n) is 4.90. The number of carbonyl (C=O) groups excluding carboxylic acids is 2. The van der Waals surface area contributed by atoms with Gasteiger partial charge in [0.1, 0.15) is 0 Å². The molecule has 0 aromatic carbocycles. The van der Waals surface area contributed by atoms with E-state index in [1.165, 1.54) is 11.1 Å². The number of nitrogens with one attached hydrogen (secondary N) is 1. The van der Waals surface area contributed by atoms with Crippen LogP contribution >= 0.6 is 0 Å². The van der Waals surface area contributed by atoms with Crippen LogP contribution in [0.15, 0.2) is 12.4 Å². The second-order valence-corrected chi connectivity index (χ2v) is 4.90. The summed E-state index contributed by atoms with van der Waals surface area (Å²) in [5.74, 6) is -1.17. The third-order valence-electron chi connectivity index (χ3n) is 3.36. The van der Waals surface area contributed by atoms with Gasteiger partial charge in [-0.05, 0) is 0 Å². The highest BCUT2D eigenvalue weighted by Crippen LogP contribution is 2.06. The van der Waals surface area contributed by atoms with Crippen molar-refractivity contribution in [3.8, 4) is 6.07 Å². The zero-order valence-electron chi connectivity index (χ0n) is 11.9. The number of amides is 2. The summed E-state index contributed by atoms with van der Waals surface area (Å²) < 4.78 is 1.55. The number of hydrogen-bond acceptors (Lipinski definition) is 5. The molecule has 2 heterocycles. The third-order valence-corrected chi connectivity index (χ3v) is 3.36. The topological polar surface area (TPSA) is 94.3 Å². The van der Waals surface area contributed by atoms with Gasteiger partial charge in [0.05, 0.1) is 18.0 Å². The van der Waals surface area contributed by atoms with Gasteiger partial charge < -0.3 is 10.2 Å². The van der Waals surface area contributed by atoms with Crippen LogP contribution < -0.4 is 5.32 Å². The predicted octanol–water partition coefficient (Wildman–Crippen LogP) is -0.584. The Morgan fingerprint density at radius 2 is 2.10 bits per heavy atom. The number of aromatic nitrogens is 2. The molecule has 1 saturated heterocycles. The molecule has 21 heavy (non-hydrogen) atoms. The van der Waals surface area contributed by atoms with E-state index < -0.39 is 11.8 Å². The fourth-order valence-electron chi connectivity index (χ4n) is 2.20. The van der Waals surface area contributed by atoms with E-state index in [2.05, 4.69) is 21.4 Å². The number of rotatable bonds is 3. The molecule has 0 spiro atoms. The van der Waals surface area contributed by atoms with Gasteiger partial charge in [-0.15, -0.1) is 0 Å². The van der Waals surface area contributed by atoms with Crippen molar-refractivity contribution in [2.45, 2.75) is 6.42 Å². The Morgan fingerprint density at radius 3 is 2.67 bits per heavy atom. The van der Waals surface area contributed by atoms with Crippen molar-refractivity contribution in [3.63, 3.8) is 0 Å². The standard InChI is InChI=1S/C13H18N6O2/c1-17-10-11(9-15-17)16-12(20)13(21)19-7-5-18(6-8-19)4-2-3-14/h9-10H,2,4-8H2,1H3,(H,16,20). The number of aryl methyl sites for hydroxylation is 1. The Kier molecular flexibility index (Phi) is 4.90. The van der Waals surface area contributed by atoms with Crippen molar-refractivity contribution in [2.75, 3.05) is 38.0 Å². The summed E-state index contributed by atoms with van der Waals surface area (Å²) in [6.07, 6.45) is 3.60. The van der Waals surface area contributed by atoms with Gasteiger partial charge in [0.2, 0.25) is 0 Å². The fraction of sp³-hybridized carbons (Fsp3) is 0.538. The Morgan fingerprint density at radius 1 is 1.38 bits per heavy atom. The van der Waals surface area contributed by atoms with Crippen LogP contribution in [0.25, 0.3) is 0 Å². The Labute approximate surface area is 122 Å². The van der Waals surface area contributed by atoms with Gasteiger partial charge >= 0.3 is 11.8 Å². The molecule has 112 valence electrons. The van der Waals surface area contributed by atoms with Crippen molar-refractivity contribution in [3.05, 3.63) is 12.4 Å². The summed E-state index contributed by atoms with van der Waals surface area (Å²) in [5, 5.41) is 15.0. The molecule has 1 N–H and O–H groups in total. The minimum atomic E-state index is -0.645. The zero-order valence-corrected chi connectivity index (χ0v) is 11.9. The molecule has 8 nitrogen and oxygen atoms in total. The average molecular weight is 290 g/mol. The van der Waals surface area contributed by atoms with Crippen LogP contribution in [0.4, 0.5) is 5.69 Å². The largest absolute Gasteiger partial charge is 0.332 e. The van der Waals surface area contributed by atoms with Gasteiger partial charge in [0, 0.05) is 52.4 Å². The van der Waals surface area contributed by atoms with Gasteiger partial charge in [0.15, 0.2) is 0 Å². The molecule has 1 fully saturated rings. The van der Waals surface area contributed by atoms with Crippen LogP contribution in [0.3, 0.4) is 0 Å². The third kappa shape index (κ3) is 4.03. The first-order chi connectivity index (χ1) is 10.1. The number of nitrogens with zero attached hydrogens (tertiary/aromatic N) is 5. The minimum Gasteiger partial charge on any atom is -0.332 e. The zero-order chi connectivity index (χ0) is 15.2. The van der Waals surface area contributed by atoms with E-state index >= 15 is 0 Å². The lowest BCUT2D eigenvalue weighted by atomic mass is 10.3. The average Bonchev–Trinajstić information content (AvgIpc) is 2.90. The van der Waals surface area contributed by atoms with Gasteiger partial charge in [-0.3, -0.25) is 19.2 Å². The summed E-state index contributed by atoms with van der Waals surface area (Å²) in [6.45, 7) is 3.09. The van der Waals surface area contributed by atoms with Gasteiger partial charge in [-0.2, -0.15) is 10.4 Å². The van der Waals surface area contributed by atoms with Crippen LogP contribution in [-0.2, 0) is 16.6 Å². The quantitative estimate of drug-likeness (QED) is 0.751. The smallest absolute Gasteiger partial charge is 0.313 e. The second kappa shape index (κ2) is 6.85. The molecule has 1 aliphatic rings. The number of nitriles is 1. The van der Waals surface area contributed by atoms with Gasteiger partial charge in [-0.1, -0.05) is 0 Å². The van der Waals surface area contributed by atoms with E-state index in [0.717, 1.165) is 0 Å². The Hall–Kier alpha value is -2.40. The molecule has 1 aromatic rings. The van der Waals surface area contributed by atoms with E-state index in [0.29, 0.717) is 44.8 Å². The van der Waals surface area contributed by atoms with Gasteiger partial charge in [0.25, 0.3) is 0 Å². The number of anilines is 1. The predicted molar refractivity (Wildman–Crippen MR) is 75.1 cm³/mol.